The summed E-state index contributed by atoms with van der Waals surface area (Å²) < 4.78 is 65.6. The molecule has 4 N–H and O–H groups in total. The predicted molar refractivity (Wildman–Crippen MR) is 150 cm³/mol. The minimum Gasteiger partial charge on any atom is -0.352 e. The Bertz CT molecular complexity index is 1260. The standard InChI is InChI=1S/C28H40F3N5O4S/c1-18-15-21(17-33-26(32)38)16-19(2)23(18)8-14-41(39,40)36-12-10-27(11-13-36)25(37)34-24(35-27)22-5-3-20(4-6-22)7-9-28(29,30)31/h15-16,20,22H,3-14,17H2,1-2H3,(H3,32,33,38)(H,34,35,37). The van der Waals surface area contributed by atoms with Crippen LogP contribution in [0.3, 0.4) is 0 Å². The fraction of sp³-hybridized carbons (Fsp3) is 0.679. The number of carbonyl (C=O) groups excluding carboxylic acids is 2. The van der Waals surface area contributed by atoms with Crippen LogP contribution in [0.25, 0.3) is 0 Å². The maximum Gasteiger partial charge on any atom is 0.389 e. The van der Waals surface area contributed by atoms with E-state index in [0.29, 0.717) is 57.3 Å². The highest BCUT2D eigenvalue weighted by atomic mass is 32.2. The number of sulfonamides is 1. The molecular formula is C28H40F3N5O4S. The molecule has 2 aliphatic heterocycles. The molecule has 3 amide bonds. The lowest BCUT2D eigenvalue weighted by Gasteiger charge is -2.34. The summed E-state index contributed by atoms with van der Waals surface area (Å²) in [7, 11) is -3.57. The quantitative estimate of drug-likeness (QED) is 0.398. The number of rotatable bonds is 9. The van der Waals surface area contributed by atoms with Crippen molar-refractivity contribution in [1.82, 2.24) is 14.9 Å². The number of alkyl halides is 3. The van der Waals surface area contributed by atoms with Crippen molar-refractivity contribution >= 4 is 27.8 Å². The molecule has 1 aromatic carbocycles. The second-order valence-corrected chi connectivity index (χ2v) is 13.8. The number of carbonyl (C=O) groups is 2. The molecule has 0 bridgehead atoms. The molecule has 2 heterocycles. The number of amidine groups is 1. The highest BCUT2D eigenvalue weighted by molar-refractivity contribution is 7.89. The second-order valence-electron chi connectivity index (χ2n) is 11.7. The Labute approximate surface area is 239 Å². The van der Waals surface area contributed by atoms with Gasteiger partial charge in [0.1, 0.15) is 11.4 Å². The van der Waals surface area contributed by atoms with Gasteiger partial charge in [0.25, 0.3) is 5.91 Å². The molecule has 1 spiro atoms. The maximum absolute atomic E-state index is 13.2. The summed E-state index contributed by atoms with van der Waals surface area (Å²) in [5, 5.41) is 5.48. The van der Waals surface area contributed by atoms with Crippen LogP contribution in [-0.2, 0) is 27.8 Å². The molecule has 228 valence electrons. The van der Waals surface area contributed by atoms with Crippen LogP contribution in [0.1, 0.15) is 73.6 Å². The third kappa shape index (κ3) is 7.79. The lowest BCUT2D eigenvalue weighted by molar-refractivity contribution is -0.138. The Morgan fingerprint density at radius 3 is 2.32 bits per heavy atom. The summed E-state index contributed by atoms with van der Waals surface area (Å²) in [6, 6.07) is 3.22. The molecular weight excluding hydrogens is 559 g/mol. The minimum atomic E-state index is -4.13. The first kappa shape index (κ1) is 31.3. The number of amides is 3. The molecule has 0 radical (unpaired) electrons. The number of aliphatic imine (C=N–C) groups is 1. The SMILES string of the molecule is Cc1cc(CNC(N)=O)cc(C)c1CCS(=O)(=O)N1CCC2(CC1)N=C(C1CCC(CCC(F)(F)F)CC1)NC2=O. The first-order chi connectivity index (χ1) is 19.2. The number of piperidine rings is 1. The van der Waals surface area contributed by atoms with Gasteiger partial charge >= 0.3 is 12.2 Å². The molecule has 2 fully saturated rings. The van der Waals surface area contributed by atoms with Crippen LogP contribution in [0, 0.1) is 25.7 Å². The van der Waals surface area contributed by atoms with Crippen molar-refractivity contribution in [2.75, 3.05) is 18.8 Å². The van der Waals surface area contributed by atoms with E-state index in [9.17, 15) is 31.2 Å². The van der Waals surface area contributed by atoms with Crippen molar-refractivity contribution in [2.24, 2.45) is 22.6 Å². The average Bonchev–Trinajstić information content (AvgIpc) is 3.21. The number of benzene rings is 1. The van der Waals surface area contributed by atoms with Crippen LogP contribution in [0.4, 0.5) is 18.0 Å². The molecule has 1 saturated heterocycles. The van der Waals surface area contributed by atoms with Gasteiger partial charge in [0.2, 0.25) is 10.0 Å². The molecule has 1 aromatic rings. The smallest absolute Gasteiger partial charge is 0.352 e. The highest BCUT2D eigenvalue weighted by Gasteiger charge is 2.48. The monoisotopic (exact) mass is 599 g/mol. The van der Waals surface area contributed by atoms with E-state index in [0.717, 1.165) is 22.3 Å². The second kappa shape index (κ2) is 12.3. The van der Waals surface area contributed by atoms with Gasteiger partial charge in [-0.25, -0.2) is 17.5 Å². The van der Waals surface area contributed by atoms with Gasteiger partial charge in [-0.15, -0.1) is 0 Å². The summed E-state index contributed by atoms with van der Waals surface area (Å²) >= 11 is 0. The first-order valence-corrected chi connectivity index (χ1v) is 15.9. The molecule has 9 nitrogen and oxygen atoms in total. The number of halogens is 3. The summed E-state index contributed by atoms with van der Waals surface area (Å²) in [4.78, 5) is 28.8. The number of nitrogens with one attached hydrogen (secondary N) is 2. The van der Waals surface area contributed by atoms with Crippen molar-refractivity contribution in [1.29, 1.82) is 0 Å². The number of hydrogen-bond acceptors (Lipinski definition) is 5. The van der Waals surface area contributed by atoms with Crippen LogP contribution in [0.2, 0.25) is 0 Å². The third-order valence-electron chi connectivity index (χ3n) is 8.84. The van der Waals surface area contributed by atoms with E-state index >= 15 is 0 Å². The minimum absolute atomic E-state index is 0.0201. The normalized spacial score (nSPS) is 23.3. The zero-order valence-electron chi connectivity index (χ0n) is 23.6. The number of primary amides is 1. The van der Waals surface area contributed by atoms with Gasteiger partial charge in [0.15, 0.2) is 0 Å². The molecule has 13 heteroatoms. The van der Waals surface area contributed by atoms with Crippen LogP contribution < -0.4 is 16.4 Å². The van der Waals surface area contributed by atoms with E-state index in [1.807, 2.05) is 26.0 Å². The average molecular weight is 600 g/mol. The Balaban J connectivity index is 1.31. The fourth-order valence-corrected chi connectivity index (χ4v) is 7.89. The molecule has 1 aliphatic carbocycles. The zero-order valence-corrected chi connectivity index (χ0v) is 24.5. The number of nitrogens with two attached hydrogens (primary N) is 1. The molecule has 0 atom stereocenters. The van der Waals surface area contributed by atoms with Crippen molar-refractivity contribution in [3.63, 3.8) is 0 Å². The van der Waals surface area contributed by atoms with E-state index in [4.69, 9.17) is 10.7 Å². The Morgan fingerprint density at radius 1 is 1.15 bits per heavy atom. The van der Waals surface area contributed by atoms with Crippen LogP contribution in [0.5, 0.6) is 0 Å². The molecule has 41 heavy (non-hydrogen) atoms. The van der Waals surface area contributed by atoms with E-state index in [1.54, 1.807) is 0 Å². The molecule has 3 aliphatic rings. The van der Waals surface area contributed by atoms with Crippen LogP contribution in [-0.4, -0.2) is 61.1 Å². The summed E-state index contributed by atoms with van der Waals surface area (Å²) in [6.07, 6.45) is -1.07. The van der Waals surface area contributed by atoms with Gasteiger partial charge < -0.3 is 16.4 Å². The van der Waals surface area contributed by atoms with Crippen LogP contribution >= 0.6 is 0 Å². The van der Waals surface area contributed by atoms with Crippen LogP contribution in [0.15, 0.2) is 17.1 Å². The van der Waals surface area contributed by atoms with Gasteiger partial charge in [0.05, 0.1) is 5.75 Å². The lowest BCUT2D eigenvalue weighted by Crippen LogP contribution is -2.51. The Kier molecular flexibility index (Phi) is 9.37. The molecule has 0 aromatic heterocycles. The third-order valence-corrected chi connectivity index (χ3v) is 10.7. The van der Waals surface area contributed by atoms with Crippen molar-refractivity contribution in [2.45, 2.75) is 89.9 Å². The molecule has 1 saturated carbocycles. The Hall–Kier alpha value is -2.67. The number of hydrogen-bond donors (Lipinski definition) is 3. The van der Waals surface area contributed by atoms with E-state index in [-0.39, 0.29) is 43.0 Å². The maximum atomic E-state index is 13.2. The summed E-state index contributed by atoms with van der Waals surface area (Å²) in [5.41, 5.74) is 7.89. The van der Waals surface area contributed by atoms with Crippen molar-refractivity contribution in [3.8, 4) is 0 Å². The van der Waals surface area contributed by atoms with E-state index in [2.05, 4.69) is 10.6 Å². The lowest BCUT2D eigenvalue weighted by atomic mass is 9.79. The Morgan fingerprint density at radius 2 is 1.76 bits per heavy atom. The van der Waals surface area contributed by atoms with E-state index < -0.39 is 34.2 Å². The topological polar surface area (TPSA) is 134 Å². The van der Waals surface area contributed by atoms with Gasteiger partial charge in [-0.05, 0) is 93.4 Å². The van der Waals surface area contributed by atoms with Crippen molar-refractivity contribution in [3.05, 3.63) is 34.4 Å². The summed E-state index contributed by atoms with van der Waals surface area (Å²) in [5.74, 6) is 0.407. The summed E-state index contributed by atoms with van der Waals surface area (Å²) in [6.45, 7) is 4.53. The number of urea groups is 1. The zero-order chi connectivity index (χ0) is 30.0. The number of aryl methyl sites for hydroxylation is 2. The predicted octanol–water partition coefficient (Wildman–Crippen LogP) is 3.86. The van der Waals surface area contributed by atoms with Gasteiger partial charge in [-0.1, -0.05) is 12.1 Å². The van der Waals surface area contributed by atoms with E-state index in [1.165, 1.54) is 4.31 Å². The van der Waals surface area contributed by atoms with Gasteiger partial charge in [-0.3, -0.25) is 9.79 Å². The first-order valence-electron chi connectivity index (χ1n) is 14.3. The van der Waals surface area contributed by atoms with Gasteiger partial charge in [0, 0.05) is 32.0 Å². The van der Waals surface area contributed by atoms with Gasteiger partial charge in [-0.2, -0.15) is 13.2 Å². The highest BCUT2D eigenvalue weighted by Crippen LogP contribution is 2.38. The molecule has 0 unspecified atom stereocenters. The fourth-order valence-electron chi connectivity index (χ4n) is 6.43. The largest absolute Gasteiger partial charge is 0.389 e. The number of nitrogens with zero attached hydrogens (tertiary/aromatic N) is 2. The van der Waals surface area contributed by atoms with Crippen molar-refractivity contribution < 1.29 is 31.2 Å². The molecule has 4 rings (SSSR count).